The Morgan fingerprint density at radius 2 is 2.09 bits per heavy atom. The molecular formula is C24H32N2O5S. The standard InChI is InChI=1S/C24H32N2O5S/c1-5-31-23(30)18-17-12-15(4)24(32-17)19(18)22(29)26(9-6-10-27)20(24)21(28)25-16-11-13(2)7-8-14(16)3/h7-8,11,15,17-20,27H,5-6,9-10,12H2,1-4H3,(H,25,28)/t15?,17-,18+,19+,20?,24?/m1/s1. The zero-order valence-corrected chi connectivity index (χ0v) is 19.9. The second-order valence-corrected chi connectivity index (χ2v) is 10.8. The lowest BCUT2D eigenvalue weighted by Crippen LogP contribution is -2.54. The maximum Gasteiger partial charge on any atom is 0.310 e. The maximum atomic E-state index is 13.8. The number of fused-ring (bicyclic) bond motifs is 1. The molecule has 7 nitrogen and oxygen atoms in total. The first-order valence-electron chi connectivity index (χ1n) is 11.4. The van der Waals surface area contributed by atoms with Crippen molar-refractivity contribution in [3.05, 3.63) is 29.3 Å². The van der Waals surface area contributed by atoms with E-state index in [0.717, 1.165) is 23.2 Å². The van der Waals surface area contributed by atoms with Crippen LogP contribution in [0.15, 0.2) is 18.2 Å². The molecule has 2 N–H and O–H groups in total. The average Bonchev–Trinajstić information content (AvgIpc) is 3.33. The van der Waals surface area contributed by atoms with Crippen LogP contribution in [0.25, 0.3) is 0 Å². The van der Waals surface area contributed by atoms with E-state index in [1.807, 2.05) is 32.0 Å². The molecule has 2 bridgehead atoms. The van der Waals surface area contributed by atoms with Gasteiger partial charge in [0.05, 0.1) is 23.2 Å². The highest BCUT2D eigenvalue weighted by atomic mass is 32.2. The number of thioether (sulfide) groups is 1. The van der Waals surface area contributed by atoms with Gasteiger partial charge in [-0.05, 0) is 56.7 Å². The fourth-order valence-corrected chi connectivity index (χ4v) is 8.29. The molecule has 3 saturated heterocycles. The molecule has 3 heterocycles. The molecule has 4 rings (SSSR count). The van der Waals surface area contributed by atoms with Crippen molar-refractivity contribution in [1.82, 2.24) is 4.90 Å². The summed E-state index contributed by atoms with van der Waals surface area (Å²) < 4.78 is 4.67. The number of aliphatic hydroxyl groups excluding tert-OH is 1. The van der Waals surface area contributed by atoms with Crippen LogP contribution < -0.4 is 5.32 Å². The van der Waals surface area contributed by atoms with E-state index in [-0.39, 0.29) is 48.7 Å². The van der Waals surface area contributed by atoms with Gasteiger partial charge in [-0.1, -0.05) is 19.1 Å². The summed E-state index contributed by atoms with van der Waals surface area (Å²) >= 11 is 1.63. The normalized spacial score (nSPS) is 32.8. The topological polar surface area (TPSA) is 95.9 Å². The Bertz CT molecular complexity index is 937. The highest BCUT2D eigenvalue weighted by molar-refractivity contribution is 8.02. The summed E-state index contributed by atoms with van der Waals surface area (Å²) in [7, 11) is 0. The highest BCUT2D eigenvalue weighted by Gasteiger charge is 2.76. The SMILES string of the molecule is CCOC(=O)[C@@H]1[C@H]2C(=O)N(CCCO)C(C(=O)Nc3cc(C)ccc3C)C23S[C@@H]1CC3C. The van der Waals surface area contributed by atoms with Gasteiger partial charge in [0.15, 0.2) is 0 Å². The largest absolute Gasteiger partial charge is 0.466 e. The van der Waals surface area contributed by atoms with Gasteiger partial charge in [-0.3, -0.25) is 14.4 Å². The maximum absolute atomic E-state index is 13.8. The molecule has 1 aromatic rings. The number of aryl methyl sites for hydroxylation is 2. The molecule has 1 spiro atoms. The number of amides is 2. The van der Waals surface area contributed by atoms with Gasteiger partial charge in [0.25, 0.3) is 0 Å². The molecule has 0 aliphatic carbocycles. The first-order valence-corrected chi connectivity index (χ1v) is 12.3. The van der Waals surface area contributed by atoms with E-state index in [4.69, 9.17) is 4.74 Å². The summed E-state index contributed by atoms with van der Waals surface area (Å²) in [6, 6.07) is 5.19. The summed E-state index contributed by atoms with van der Waals surface area (Å²) in [5, 5.41) is 12.5. The Balaban J connectivity index is 1.73. The first kappa shape index (κ1) is 23.1. The third kappa shape index (κ3) is 3.43. The molecule has 0 aromatic heterocycles. The lowest BCUT2D eigenvalue weighted by atomic mass is 9.66. The summed E-state index contributed by atoms with van der Waals surface area (Å²) in [5.41, 5.74) is 2.72. The number of ether oxygens (including phenoxy) is 1. The van der Waals surface area contributed by atoms with Crippen LogP contribution in [0.2, 0.25) is 0 Å². The number of esters is 1. The van der Waals surface area contributed by atoms with E-state index in [1.165, 1.54) is 0 Å². The van der Waals surface area contributed by atoms with Crippen molar-refractivity contribution in [3.8, 4) is 0 Å². The fourth-order valence-electron chi connectivity index (χ4n) is 5.88. The third-order valence-electron chi connectivity index (χ3n) is 7.26. The lowest BCUT2D eigenvalue weighted by Gasteiger charge is -2.38. The molecule has 1 aromatic carbocycles. The Hall–Kier alpha value is -2.06. The van der Waals surface area contributed by atoms with E-state index in [9.17, 15) is 19.5 Å². The third-order valence-corrected chi connectivity index (χ3v) is 9.34. The minimum absolute atomic E-state index is 0.0194. The molecule has 3 fully saturated rings. The number of hydrogen-bond donors (Lipinski definition) is 2. The van der Waals surface area contributed by atoms with Crippen molar-refractivity contribution < 1.29 is 24.2 Å². The van der Waals surface area contributed by atoms with Crippen LogP contribution in [0.1, 0.15) is 37.8 Å². The molecule has 3 aliphatic rings. The van der Waals surface area contributed by atoms with Crippen molar-refractivity contribution in [2.45, 2.75) is 56.6 Å². The molecule has 3 unspecified atom stereocenters. The smallest absolute Gasteiger partial charge is 0.310 e. The van der Waals surface area contributed by atoms with Gasteiger partial charge in [-0.2, -0.15) is 0 Å². The quantitative estimate of drug-likeness (QED) is 0.607. The van der Waals surface area contributed by atoms with Crippen LogP contribution in [0, 0.1) is 31.6 Å². The number of likely N-dealkylation sites (tertiary alicyclic amines) is 1. The Morgan fingerprint density at radius 1 is 1.34 bits per heavy atom. The van der Waals surface area contributed by atoms with Crippen molar-refractivity contribution in [2.75, 3.05) is 25.1 Å². The zero-order valence-electron chi connectivity index (χ0n) is 19.1. The van der Waals surface area contributed by atoms with Gasteiger partial charge in [-0.25, -0.2) is 0 Å². The average molecular weight is 461 g/mol. The van der Waals surface area contributed by atoms with Crippen LogP contribution in [-0.2, 0) is 19.1 Å². The van der Waals surface area contributed by atoms with Crippen LogP contribution in [-0.4, -0.2) is 63.6 Å². The summed E-state index contributed by atoms with van der Waals surface area (Å²) in [6.07, 6.45) is 1.16. The molecule has 0 saturated carbocycles. The van der Waals surface area contributed by atoms with Crippen LogP contribution in [0.3, 0.4) is 0 Å². The minimum Gasteiger partial charge on any atom is -0.466 e. The predicted octanol–water partition coefficient (Wildman–Crippen LogP) is 2.52. The number of carbonyl (C=O) groups excluding carboxylic acids is 3. The fraction of sp³-hybridized carbons (Fsp3) is 0.625. The van der Waals surface area contributed by atoms with E-state index in [2.05, 4.69) is 12.2 Å². The lowest BCUT2D eigenvalue weighted by molar-refractivity contribution is -0.154. The highest BCUT2D eigenvalue weighted by Crippen LogP contribution is 2.68. The minimum atomic E-state index is -0.698. The van der Waals surface area contributed by atoms with Crippen molar-refractivity contribution >= 4 is 35.2 Å². The Morgan fingerprint density at radius 3 is 2.78 bits per heavy atom. The van der Waals surface area contributed by atoms with Crippen molar-refractivity contribution in [1.29, 1.82) is 0 Å². The number of hydrogen-bond acceptors (Lipinski definition) is 6. The molecule has 2 amide bonds. The second-order valence-electron chi connectivity index (χ2n) is 9.22. The van der Waals surface area contributed by atoms with Gasteiger partial charge >= 0.3 is 5.97 Å². The van der Waals surface area contributed by atoms with Crippen molar-refractivity contribution in [3.63, 3.8) is 0 Å². The number of nitrogens with zero attached hydrogens (tertiary/aromatic N) is 1. The molecule has 3 aliphatic heterocycles. The monoisotopic (exact) mass is 460 g/mol. The number of nitrogens with one attached hydrogen (secondary N) is 1. The van der Waals surface area contributed by atoms with Gasteiger partial charge < -0.3 is 20.1 Å². The second kappa shape index (κ2) is 8.71. The molecule has 6 atom stereocenters. The summed E-state index contributed by atoms with van der Waals surface area (Å²) in [4.78, 5) is 41.9. The molecule has 174 valence electrons. The number of benzene rings is 1. The van der Waals surface area contributed by atoms with Crippen LogP contribution >= 0.6 is 11.8 Å². The number of rotatable bonds is 7. The van der Waals surface area contributed by atoms with Crippen LogP contribution in [0.5, 0.6) is 0 Å². The number of aliphatic hydroxyl groups is 1. The molecule has 0 radical (unpaired) electrons. The van der Waals surface area contributed by atoms with Gasteiger partial charge in [-0.15, -0.1) is 11.8 Å². The van der Waals surface area contributed by atoms with Gasteiger partial charge in [0.2, 0.25) is 11.8 Å². The van der Waals surface area contributed by atoms with E-state index >= 15 is 0 Å². The van der Waals surface area contributed by atoms with Crippen LogP contribution in [0.4, 0.5) is 5.69 Å². The number of carbonyl (C=O) groups is 3. The van der Waals surface area contributed by atoms with E-state index < -0.39 is 22.6 Å². The Kier molecular flexibility index (Phi) is 6.29. The Labute approximate surface area is 193 Å². The van der Waals surface area contributed by atoms with Gasteiger partial charge in [0, 0.05) is 24.1 Å². The number of anilines is 1. The molecular weight excluding hydrogens is 428 g/mol. The first-order chi connectivity index (χ1) is 15.3. The summed E-state index contributed by atoms with van der Waals surface area (Å²) in [6.45, 7) is 8.24. The predicted molar refractivity (Wildman–Crippen MR) is 123 cm³/mol. The van der Waals surface area contributed by atoms with E-state index in [1.54, 1.807) is 23.6 Å². The summed E-state index contributed by atoms with van der Waals surface area (Å²) in [5.74, 6) is -1.73. The molecule has 8 heteroatoms. The molecule has 32 heavy (non-hydrogen) atoms. The van der Waals surface area contributed by atoms with Gasteiger partial charge in [0.1, 0.15) is 6.04 Å². The van der Waals surface area contributed by atoms with Crippen molar-refractivity contribution in [2.24, 2.45) is 17.8 Å². The van der Waals surface area contributed by atoms with E-state index in [0.29, 0.717) is 6.42 Å². The zero-order chi connectivity index (χ0) is 23.2.